The van der Waals surface area contributed by atoms with Gasteiger partial charge in [-0.15, -0.1) is 0 Å². The van der Waals surface area contributed by atoms with E-state index in [0.29, 0.717) is 22.8 Å². The lowest BCUT2D eigenvalue weighted by Gasteiger charge is -2.22. The van der Waals surface area contributed by atoms with Crippen molar-refractivity contribution in [2.75, 3.05) is 14.2 Å². The number of ether oxygens (including phenoxy) is 2. The number of halogens is 2. The van der Waals surface area contributed by atoms with E-state index in [1.165, 1.54) is 14.0 Å². The summed E-state index contributed by atoms with van der Waals surface area (Å²) in [4.78, 5) is 37.7. The maximum atomic E-state index is 14.3. The number of hydrogen-bond acceptors (Lipinski definition) is 6. The first kappa shape index (κ1) is 24.8. The second-order valence-corrected chi connectivity index (χ2v) is 8.16. The largest absolute Gasteiger partial charge is 0.497 e. The molecule has 0 aliphatic rings. The number of carbonyl (C=O) groups is 1. The van der Waals surface area contributed by atoms with E-state index in [4.69, 9.17) is 9.47 Å². The Morgan fingerprint density at radius 2 is 1.86 bits per heavy atom. The number of amides is 1. The van der Waals surface area contributed by atoms with Crippen molar-refractivity contribution in [2.45, 2.75) is 25.3 Å². The zero-order valence-electron chi connectivity index (χ0n) is 19.8. The zero-order valence-corrected chi connectivity index (χ0v) is 19.8. The third-order valence-electron chi connectivity index (χ3n) is 5.83. The van der Waals surface area contributed by atoms with Crippen molar-refractivity contribution in [1.29, 1.82) is 0 Å². The summed E-state index contributed by atoms with van der Waals surface area (Å²) in [5.74, 6) is -2.51. The first-order valence-electron chi connectivity index (χ1n) is 11.1. The van der Waals surface area contributed by atoms with E-state index in [9.17, 15) is 18.4 Å². The summed E-state index contributed by atoms with van der Waals surface area (Å²) in [7, 11) is 2.94. The number of aromatic amines is 1. The van der Waals surface area contributed by atoms with Gasteiger partial charge in [0, 0.05) is 12.3 Å². The Labute approximate surface area is 205 Å². The fourth-order valence-electron chi connectivity index (χ4n) is 4.08. The maximum absolute atomic E-state index is 14.3. The topological polar surface area (TPSA) is 106 Å². The number of methoxy groups -OCH3 is 2. The average molecular weight is 494 g/mol. The minimum absolute atomic E-state index is 0.0803. The third-order valence-corrected chi connectivity index (χ3v) is 5.83. The number of pyridine rings is 3. The van der Waals surface area contributed by atoms with Gasteiger partial charge in [0.25, 0.3) is 5.56 Å². The van der Waals surface area contributed by atoms with Crippen molar-refractivity contribution in [1.82, 2.24) is 20.3 Å². The van der Waals surface area contributed by atoms with Crippen molar-refractivity contribution in [3.8, 4) is 11.5 Å². The van der Waals surface area contributed by atoms with Gasteiger partial charge in [0.15, 0.2) is 5.75 Å². The van der Waals surface area contributed by atoms with E-state index < -0.39 is 35.1 Å². The molecule has 36 heavy (non-hydrogen) atoms. The number of carbonyl (C=O) groups excluding carboxylic acids is 1. The highest BCUT2D eigenvalue weighted by Crippen LogP contribution is 2.32. The normalized spacial score (nSPS) is 12.7. The highest BCUT2D eigenvalue weighted by molar-refractivity contribution is 5.89. The van der Waals surface area contributed by atoms with Gasteiger partial charge in [0.05, 0.1) is 49.2 Å². The monoisotopic (exact) mass is 494 g/mol. The summed E-state index contributed by atoms with van der Waals surface area (Å²) in [6.07, 6.45) is 2.55. The molecule has 0 saturated carbocycles. The van der Waals surface area contributed by atoms with Gasteiger partial charge in [-0.2, -0.15) is 0 Å². The third kappa shape index (κ3) is 5.02. The molecule has 8 nitrogen and oxygen atoms in total. The molecule has 4 rings (SSSR count). The number of nitrogens with one attached hydrogen (secondary N) is 2. The predicted molar refractivity (Wildman–Crippen MR) is 129 cm³/mol. The van der Waals surface area contributed by atoms with E-state index in [1.54, 1.807) is 49.7 Å². The van der Waals surface area contributed by atoms with Crippen LogP contribution in [0.3, 0.4) is 0 Å². The SMILES string of the molecule is COc1ccc(C[C@H](C(=O)N[C@@H](C)c2ncc(F)cc2F)c2c(OC)c3ncccc3[nH]c2=O)cc1. The molecule has 4 aromatic rings. The lowest BCUT2D eigenvalue weighted by Crippen LogP contribution is -2.36. The van der Waals surface area contributed by atoms with Gasteiger partial charge >= 0.3 is 0 Å². The van der Waals surface area contributed by atoms with Crippen LogP contribution >= 0.6 is 0 Å². The van der Waals surface area contributed by atoms with Crippen LogP contribution in [0, 0.1) is 11.6 Å². The second-order valence-electron chi connectivity index (χ2n) is 8.16. The number of rotatable bonds is 8. The van der Waals surface area contributed by atoms with Crippen LogP contribution < -0.4 is 20.3 Å². The van der Waals surface area contributed by atoms with Gasteiger partial charge in [0.1, 0.15) is 22.9 Å². The number of H-pyrrole nitrogens is 1. The van der Waals surface area contributed by atoms with Crippen LogP contribution in [-0.4, -0.2) is 35.1 Å². The maximum Gasteiger partial charge on any atom is 0.256 e. The van der Waals surface area contributed by atoms with Crippen LogP contribution in [-0.2, 0) is 11.2 Å². The summed E-state index contributed by atoms with van der Waals surface area (Å²) < 4.78 is 38.4. The Morgan fingerprint density at radius 3 is 2.53 bits per heavy atom. The van der Waals surface area contributed by atoms with Crippen LogP contribution in [0.4, 0.5) is 8.78 Å². The molecule has 186 valence electrons. The predicted octanol–water partition coefficient (Wildman–Crippen LogP) is 3.82. The second kappa shape index (κ2) is 10.5. The van der Waals surface area contributed by atoms with Crippen LogP contribution in [0.25, 0.3) is 11.0 Å². The highest BCUT2D eigenvalue weighted by Gasteiger charge is 2.31. The molecule has 0 saturated heterocycles. The summed E-state index contributed by atoms with van der Waals surface area (Å²) in [5, 5.41) is 2.71. The van der Waals surface area contributed by atoms with Crippen LogP contribution in [0.5, 0.6) is 11.5 Å². The van der Waals surface area contributed by atoms with Crippen molar-refractivity contribution in [3.63, 3.8) is 0 Å². The molecule has 0 radical (unpaired) electrons. The van der Waals surface area contributed by atoms with Crippen LogP contribution in [0.2, 0.25) is 0 Å². The summed E-state index contributed by atoms with van der Waals surface area (Å²) in [5.41, 5.74) is 1.03. The Hall–Kier alpha value is -4.34. The average Bonchev–Trinajstić information content (AvgIpc) is 2.86. The molecule has 0 bridgehead atoms. The fourth-order valence-corrected chi connectivity index (χ4v) is 4.08. The molecule has 0 unspecified atom stereocenters. The van der Waals surface area contributed by atoms with Crippen molar-refractivity contribution in [2.24, 2.45) is 0 Å². The van der Waals surface area contributed by atoms with Crippen LogP contribution in [0.1, 0.15) is 35.7 Å². The molecule has 3 heterocycles. The number of benzene rings is 1. The minimum Gasteiger partial charge on any atom is -0.497 e. The van der Waals surface area contributed by atoms with Crippen molar-refractivity contribution < 1.29 is 23.0 Å². The Bertz CT molecular complexity index is 1460. The smallest absolute Gasteiger partial charge is 0.256 e. The fraction of sp³-hybridized carbons (Fsp3) is 0.231. The number of aromatic nitrogens is 3. The Balaban J connectivity index is 1.78. The van der Waals surface area contributed by atoms with Gasteiger partial charge in [-0.05, 0) is 43.2 Å². The van der Waals surface area contributed by atoms with Crippen molar-refractivity contribution >= 4 is 16.9 Å². The summed E-state index contributed by atoms with van der Waals surface area (Å²) >= 11 is 0. The Kier molecular flexibility index (Phi) is 7.23. The van der Waals surface area contributed by atoms with Crippen molar-refractivity contribution in [3.05, 3.63) is 93.7 Å². The highest BCUT2D eigenvalue weighted by atomic mass is 19.1. The van der Waals surface area contributed by atoms with E-state index in [1.807, 2.05) is 0 Å². The van der Waals surface area contributed by atoms with Gasteiger partial charge in [-0.1, -0.05) is 12.1 Å². The quantitative estimate of drug-likeness (QED) is 0.386. The van der Waals surface area contributed by atoms with Crippen LogP contribution in [0.15, 0.2) is 59.7 Å². The van der Waals surface area contributed by atoms with Gasteiger partial charge < -0.3 is 19.8 Å². The van der Waals surface area contributed by atoms with Gasteiger partial charge in [-0.3, -0.25) is 19.6 Å². The first-order valence-corrected chi connectivity index (χ1v) is 11.1. The molecule has 0 aliphatic carbocycles. The molecule has 10 heteroatoms. The molecule has 0 fully saturated rings. The molecular weight excluding hydrogens is 470 g/mol. The lowest BCUT2D eigenvalue weighted by atomic mass is 9.90. The molecule has 3 aromatic heterocycles. The lowest BCUT2D eigenvalue weighted by molar-refractivity contribution is -0.123. The summed E-state index contributed by atoms with van der Waals surface area (Å²) in [6, 6.07) is 10.2. The Morgan fingerprint density at radius 1 is 1.11 bits per heavy atom. The summed E-state index contributed by atoms with van der Waals surface area (Å²) in [6.45, 7) is 1.52. The van der Waals surface area contributed by atoms with Gasteiger partial charge in [-0.25, -0.2) is 8.78 Å². The zero-order chi connectivity index (χ0) is 25.8. The molecule has 2 N–H and O–H groups in total. The van der Waals surface area contributed by atoms with E-state index in [2.05, 4.69) is 20.3 Å². The molecular formula is C26H24F2N4O4. The van der Waals surface area contributed by atoms with E-state index in [-0.39, 0.29) is 23.4 Å². The molecule has 1 aromatic carbocycles. The number of hydrogen-bond donors (Lipinski definition) is 2. The standard InChI is InChI=1S/C26H24F2N4O4/c1-14(22-19(28)12-16(27)13-30-22)31-25(33)18(11-15-6-8-17(35-2)9-7-15)21-24(36-3)23-20(32-26(21)34)5-4-10-29-23/h4-10,12-14,18H,11H2,1-3H3,(H,31,33)(H,32,34)/t14-,18-/m0/s1. The minimum atomic E-state index is -1.03. The molecule has 0 spiro atoms. The number of nitrogens with zero attached hydrogens (tertiary/aromatic N) is 2. The van der Waals surface area contributed by atoms with Gasteiger partial charge in [0.2, 0.25) is 5.91 Å². The van der Waals surface area contributed by atoms with E-state index >= 15 is 0 Å². The molecule has 1 amide bonds. The number of fused-ring (bicyclic) bond motifs is 1. The van der Waals surface area contributed by atoms with E-state index in [0.717, 1.165) is 11.8 Å². The molecule has 2 atom stereocenters. The molecule has 0 aliphatic heterocycles. The first-order chi connectivity index (χ1) is 17.3.